The van der Waals surface area contributed by atoms with Gasteiger partial charge in [0.2, 0.25) is 0 Å². The summed E-state index contributed by atoms with van der Waals surface area (Å²) in [5.41, 5.74) is 0.576. The maximum atomic E-state index is 11.8. The molecule has 20 heavy (non-hydrogen) atoms. The predicted octanol–water partition coefficient (Wildman–Crippen LogP) is 2.07. The molecule has 6 heteroatoms. The smallest absolute Gasteiger partial charge is 0.254 e. The molecule has 0 aliphatic carbocycles. The van der Waals surface area contributed by atoms with E-state index >= 15 is 0 Å². The molecule has 0 radical (unpaired) electrons. The number of amides is 1. The summed E-state index contributed by atoms with van der Waals surface area (Å²) in [6.07, 6.45) is 5.99. The van der Waals surface area contributed by atoms with Crippen LogP contribution in [0.5, 0.6) is 0 Å². The third-order valence-electron chi connectivity index (χ3n) is 3.00. The van der Waals surface area contributed by atoms with Gasteiger partial charge in [-0.3, -0.25) is 4.79 Å². The first-order chi connectivity index (χ1) is 9.61. The summed E-state index contributed by atoms with van der Waals surface area (Å²) < 4.78 is 0. The van der Waals surface area contributed by atoms with E-state index in [1.165, 1.54) is 4.90 Å². The van der Waals surface area contributed by atoms with Gasteiger partial charge in [0.05, 0.1) is 11.6 Å². The molecule has 2 aromatic rings. The van der Waals surface area contributed by atoms with E-state index in [0.29, 0.717) is 5.56 Å². The average Bonchev–Trinajstić information content (AvgIpc) is 2.98. The summed E-state index contributed by atoms with van der Waals surface area (Å²) in [4.78, 5) is 24.9. The molecule has 2 aromatic heterocycles. The number of aromatic nitrogens is 3. The summed E-state index contributed by atoms with van der Waals surface area (Å²) in [6.45, 7) is 2.07. The van der Waals surface area contributed by atoms with Gasteiger partial charge in [0, 0.05) is 32.7 Å². The molecule has 0 saturated heterocycles. The molecular formula is C14H19N5O. The summed E-state index contributed by atoms with van der Waals surface area (Å²) in [7, 11) is 3.44. The van der Waals surface area contributed by atoms with Gasteiger partial charge in [-0.2, -0.15) is 0 Å². The Bertz CT molecular complexity index is 547. The first-order valence-corrected chi connectivity index (χ1v) is 6.55. The number of imidazole rings is 1. The molecular weight excluding hydrogens is 254 g/mol. The van der Waals surface area contributed by atoms with Crippen molar-refractivity contribution in [1.82, 2.24) is 19.9 Å². The largest absolute Gasteiger partial charge is 0.360 e. The fraction of sp³-hybridized carbons (Fsp3) is 0.357. The van der Waals surface area contributed by atoms with E-state index < -0.39 is 0 Å². The van der Waals surface area contributed by atoms with Crippen molar-refractivity contribution in [3.8, 4) is 0 Å². The molecule has 0 spiro atoms. The van der Waals surface area contributed by atoms with Crippen LogP contribution in [0.2, 0.25) is 0 Å². The topological polar surface area (TPSA) is 73.9 Å². The molecule has 1 unspecified atom stereocenters. The minimum Gasteiger partial charge on any atom is -0.360 e. The SMILES string of the molecule is CCC(Nc1ccc(C(=O)N(C)C)cn1)c1ncc[nH]1. The highest BCUT2D eigenvalue weighted by atomic mass is 16.2. The predicted molar refractivity (Wildman–Crippen MR) is 77.5 cm³/mol. The number of carbonyl (C=O) groups excluding carboxylic acids is 1. The third-order valence-corrected chi connectivity index (χ3v) is 3.00. The van der Waals surface area contributed by atoms with Crippen molar-refractivity contribution in [3.63, 3.8) is 0 Å². The second-order valence-corrected chi connectivity index (χ2v) is 4.71. The van der Waals surface area contributed by atoms with Crippen molar-refractivity contribution in [2.75, 3.05) is 19.4 Å². The van der Waals surface area contributed by atoms with E-state index in [1.54, 1.807) is 38.8 Å². The second kappa shape index (κ2) is 6.18. The number of aromatic amines is 1. The standard InChI is InChI=1S/C14H19N5O/c1-4-11(13-15-7-8-16-13)18-12-6-5-10(9-17-12)14(20)19(2)3/h5-9,11H,4H2,1-3H3,(H,15,16)(H,17,18). The highest BCUT2D eigenvalue weighted by Crippen LogP contribution is 2.18. The van der Waals surface area contributed by atoms with Crippen LogP contribution in [-0.2, 0) is 0 Å². The van der Waals surface area contributed by atoms with E-state index in [-0.39, 0.29) is 11.9 Å². The first kappa shape index (κ1) is 14.0. The summed E-state index contributed by atoms with van der Waals surface area (Å²) >= 11 is 0. The normalized spacial score (nSPS) is 11.9. The van der Waals surface area contributed by atoms with Crippen molar-refractivity contribution < 1.29 is 4.79 Å². The lowest BCUT2D eigenvalue weighted by molar-refractivity contribution is 0.0827. The molecule has 2 N–H and O–H groups in total. The Kier molecular flexibility index (Phi) is 4.34. The molecule has 1 atom stereocenters. The molecule has 1 amide bonds. The van der Waals surface area contributed by atoms with Gasteiger partial charge in [0.15, 0.2) is 0 Å². The number of hydrogen-bond acceptors (Lipinski definition) is 4. The van der Waals surface area contributed by atoms with Gasteiger partial charge in [-0.05, 0) is 18.6 Å². The highest BCUT2D eigenvalue weighted by Gasteiger charge is 2.13. The van der Waals surface area contributed by atoms with E-state index in [4.69, 9.17) is 0 Å². The van der Waals surface area contributed by atoms with Crippen molar-refractivity contribution in [3.05, 3.63) is 42.1 Å². The van der Waals surface area contributed by atoms with Crippen molar-refractivity contribution >= 4 is 11.7 Å². The average molecular weight is 273 g/mol. The zero-order valence-corrected chi connectivity index (χ0v) is 11.9. The molecule has 2 heterocycles. The molecule has 0 fully saturated rings. The van der Waals surface area contributed by atoms with Gasteiger partial charge in [-0.25, -0.2) is 9.97 Å². The number of nitrogens with zero attached hydrogens (tertiary/aromatic N) is 3. The number of hydrogen-bond donors (Lipinski definition) is 2. The Balaban J connectivity index is 2.08. The van der Waals surface area contributed by atoms with Crippen molar-refractivity contribution in [1.29, 1.82) is 0 Å². The minimum absolute atomic E-state index is 0.0536. The molecule has 0 aromatic carbocycles. The van der Waals surface area contributed by atoms with E-state index in [1.807, 2.05) is 6.07 Å². The van der Waals surface area contributed by atoms with Gasteiger partial charge in [-0.15, -0.1) is 0 Å². The molecule has 0 aliphatic heterocycles. The van der Waals surface area contributed by atoms with E-state index in [9.17, 15) is 4.79 Å². The molecule has 0 bridgehead atoms. The Labute approximate surface area is 118 Å². The lowest BCUT2D eigenvalue weighted by Gasteiger charge is -2.16. The van der Waals surface area contributed by atoms with Crippen LogP contribution in [0, 0.1) is 0 Å². The monoisotopic (exact) mass is 273 g/mol. The number of pyridine rings is 1. The fourth-order valence-corrected chi connectivity index (χ4v) is 1.87. The second-order valence-electron chi connectivity index (χ2n) is 4.71. The Morgan fingerprint density at radius 2 is 2.20 bits per heavy atom. The molecule has 0 aliphatic rings. The highest BCUT2D eigenvalue weighted by molar-refractivity contribution is 5.93. The number of rotatable bonds is 5. The summed E-state index contributed by atoms with van der Waals surface area (Å²) in [5, 5.41) is 3.30. The van der Waals surface area contributed by atoms with Crippen LogP contribution in [-0.4, -0.2) is 39.9 Å². The number of H-pyrrole nitrogens is 1. The quantitative estimate of drug-likeness (QED) is 0.874. The lowest BCUT2D eigenvalue weighted by Crippen LogP contribution is -2.22. The van der Waals surface area contributed by atoms with Gasteiger partial charge < -0.3 is 15.2 Å². The van der Waals surface area contributed by atoms with Crippen molar-refractivity contribution in [2.45, 2.75) is 19.4 Å². The number of anilines is 1. The van der Waals surface area contributed by atoms with Crippen LogP contribution in [0.3, 0.4) is 0 Å². The van der Waals surface area contributed by atoms with Gasteiger partial charge in [-0.1, -0.05) is 6.92 Å². The molecule has 6 nitrogen and oxygen atoms in total. The number of carbonyl (C=O) groups is 1. The lowest BCUT2D eigenvalue weighted by atomic mass is 10.2. The Morgan fingerprint density at radius 3 is 2.70 bits per heavy atom. The van der Waals surface area contributed by atoms with Crippen LogP contribution in [0.4, 0.5) is 5.82 Å². The Hall–Kier alpha value is -2.37. The summed E-state index contributed by atoms with van der Waals surface area (Å²) in [5.74, 6) is 1.55. The zero-order valence-electron chi connectivity index (χ0n) is 11.9. The Morgan fingerprint density at radius 1 is 1.40 bits per heavy atom. The first-order valence-electron chi connectivity index (χ1n) is 6.55. The van der Waals surface area contributed by atoms with Crippen molar-refractivity contribution in [2.24, 2.45) is 0 Å². The van der Waals surface area contributed by atoms with Crippen LogP contribution in [0.15, 0.2) is 30.7 Å². The maximum Gasteiger partial charge on any atom is 0.254 e. The molecule has 2 rings (SSSR count). The summed E-state index contributed by atoms with van der Waals surface area (Å²) in [6, 6.07) is 3.65. The van der Waals surface area contributed by atoms with E-state index in [2.05, 4.69) is 27.2 Å². The van der Waals surface area contributed by atoms with Crippen LogP contribution >= 0.6 is 0 Å². The fourth-order valence-electron chi connectivity index (χ4n) is 1.87. The van der Waals surface area contributed by atoms with Gasteiger partial charge >= 0.3 is 0 Å². The van der Waals surface area contributed by atoms with Gasteiger partial charge in [0.1, 0.15) is 11.6 Å². The number of nitrogens with one attached hydrogen (secondary N) is 2. The molecule has 106 valence electrons. The van der Waals surface area contributed by atoms with E-state index in [0.717, 1.165) is 18.1 Å². The molecule has 0 saturated carbocycles. The van der Waals surface area contributed by atoms with Gasteiger partial charge in [0.25, 0.3) is 5.91 Å². The van der Waals surface area contributed by atoms with Crippen LogP contribution in [0.1, 0.15) is 35.6 Å². The third kappa shape index (κ3) is 3.14. The van der Waals surface area contributed by atoms with Crippen LogP contribution in [0.25, 0.3) is 0 Å². The maximum absolute atomic E-state index is 11.8. The minimum atomic E-state index is -0.0536. The van der Waals surface area contributed by atoms with Crippen LogP contribution < -0.4 is 5.32 Å². The zero-order chi connectivity index (χ0) is 14.5.